The van der Waals surface area contributed by atoms with Gasteiger partial charge in [0.1, 0.15) is 6.79 Å². The van der Waals surface area contributed by atoms with Gasteiger partial charge in [-0.25, -0.2) is 0 Å². The SMILES string of the molecule is COCOC1CCCCC1.[HH]. The van der Waals surface area contributed by atoms with Crippen molar-refractivity contribution in [3.05, 3.63) is 0 Å². The van der Waals surface area contributed by atoms with Gasteiger partial charge in [0, 0.05) is 8.54 Å². The van der Waals surface area contributed by atoms with E-state index in [-0.39, 0.29) is 1.43 Å². The first-order chi connectivity index (χ1) is 4.93. The van der Waals surface area contributed by atoms with Crippen LogP contribution < -0.4 is 0 Å². The van der Waals surface area contributed by atoms with E-state index in [9.17, 15) is 0 Å². The topological polar surface area (TPSA) is 18.5 Å². The summed E-state index contributed by atoms with van der Waals surface area (Å²) in [5.41, 5.74) is 0. The summed E-state index contributed by atoms with van der Waals surface area (Å²) in [5, 5.41) is 0. The Bertz CT molecular complexity index is 82.2. The molecule has 0 bridgehead atoms. The van der Waals surface area contributed by atoms with Gasteiger partial charge in [0.15, 0.2) is 0 Å². The van der Waals surface area contributed by atoms with Gasteiger partial charge < -0.3 is 9.47 Å². The molecule has 1 fully saturated rings. The largest absolute Gasteiger partial charge is 0.359 e. The summed E-state index contributed by atoms with van der Waals surface area (Å²) in [6, 6.07) is 0. The molecule has 2 heteroatoms. The zero-order valence-corrected chi connectivity index (χ0v) is 6.64. The van der Waals surface area contributed by atoms with E-state index in [1.807, 2.05) is 0 Å². The van der Waals surface area contributed by atoms with Crippen molar-refractivity contribution in [2.24, 2.45) is 0 Å². The maximum atomic E-state index is 5.41. The number of hydrogen-bond donors (Lipinski definition) is 0. The molecule has 0 aromatic heterocycles. The molecule has 62 valence electrons. The minimum Gasteiger partial charge on any atom is -0.359 e. The first kappa shape index (κ1) is 8.02. The van der Waals surface area contributed by atoms with Gasteiger partial charge in [0.05, 0.1) is 6.10 Å². The molecule has 0 saturated heterocycles. The fourth-order valence-corrected chi connectivity index (χ4v) is 1.40. The Labute approximate surface area is 64.0 Å². The van der Waals surface area contributed by atoms with E-state index in [1.165, 1.54) is 32.1 Å². The average Bonchev–Trinajstić information content (AvgIpc) is 2.03. The Kier molecular flexibility index (Phi) is 3.76. The quantitative estimate of drug-likeness (QED) is 0.568. The molecule has 1 saturated carbocycles. The third-order valence-electron chi connectivity index (χ3n) is 1.97. The molecule has 1 rings (SSSR count). The van der Waals surface area contributed by atoms with Crippen molar-refractivity contribution >= 4 is 0 Å². The number of methoxy groups -OCH3 is 1. The molecule has 0 amide bonds. The van der Waals surface area contributed by atoms with Crippen molar-refractivity contribution < 1.29 is 10.9 Å². The molecule has 0 aliphatic heterocycles. The van der Waals surface area contributed by atoms with Crippen LogP contribution in [0.1, 0.15) is 33.5 Å². The second-order valence-corrected chi connectivity index (χ2v) is 2.83. The van der Waals surface area contributed by atoms with E-state index in [0.29, 0.717) is 12.9 Å². The zero-order chi connectivity index (χ0) is 7.23. The molecule has 10 heavy (non-hydrogen) atoms. The van der Waals surface area contributed by atoms with Crippen molar-refractivity contribution in [2.45, 2.75) is 38.2 Å². The standard InChI is InChI=1S/C8H16O2.H2/c1-9-7-10-8-5-3-2-4-6-8;/h8H,2-7H2,1H3;1H. The fraction of sp³-hybridized carbons (Fsp3) is 1.00. The predicted octanol–water partition coefficient (Wildman–Crippen LogP) is 2.19. The summed E-state index contributed by atoms with van der Waals surface area (Å²) in [6.45, 7) is 0.463. The summed E-state index contributed by atoms with van der Waals surface area (Å²) in [5.74, 6) is 0. The van der Waals surface area contributed by atoms with Crippen LogP contribution in [0.3, 0.4) is 0 Å². The molecule has 0 unspecified atom stereocenters. The maximum absolute atomic E-state index is 5.41. The van der Waals surface area contributed by atoms with Gasteiger partial charge in [-0.2, -0.15) is 0 Å². The first-order valence-corrected chi connectivity index (χ1v) is 4.04. The van der Waals surface area contributed by atoms with Gasteiger partial charge in [-0.15, -0.1) is 0 Å². The van der Waals surface area contributed by atoms with Crippen molar-refractivity contribution in [2.75, 3.05) is 13.9 Å². The van der Waals surface area contributed by atoms with Crippen LogP contribution in [0, 0.1) is 0 Å². The lowest BCUT2D eigenvalue weighted by atomic mass is 9.98. The maximum Gasteiger partial charge on any atom is 0.146 e. The minimum absolute atomic E-state index is 0. The Balaban J connectivity index is 0.000001000. The molecular weight excluding hydrogens is 128 g/mol. The molecule has 0 N–H and O–H groups in total. The lowest BCUT2D eigenvalue weighted by Gasteiger charge is -2.21. The number of rotatable bonds is 3. The lowest BCUT2D eigenvalue weighted by Crippen LogP contribution is -2.17. The van der Waals surface area contributed by atoms with E-state index >= 15 is 0 Å². The van der Waals surface area contributed by atoms with Crippen LogP contribution in [0.2, 0.25) is 0 Å². The second-order valence-electron chi connectivity index (χ2n) is 2.83. The van der Waals surface area contributed by atoms with Crippen LogP contribution in [0.5, 0.6) is 0 Å². The minimum atomic E-state index is 0. The van der Waals surface area contributed by atoms with Gasteiger partial charge in [-0.05, 0) is 12.8 Å². The Morgan fingerprint density at radius 3 is 2.60 bits per heavy atom. The molecule has 0 atom stereocenters. The highest BCUT2D eigenvalue weighted by Gasteiger charge is 2.12. The third-order valence-corrected chi connectivity index (χ3v) is 1.97. The van der Waals surface area contributed by atoms with E-state index < -0.39 is 0 Å². The van der Waals surface area contributed by atoms with Crippen LogP contribution in [0.4, 0.5) is 0 Å². The van der Waals surface area contributed by atoms with E-state index in [1.54, 1.807) is 7.11 Å². The molecular formula is C8H18O2. The smallest absolute Gasteiger partial charge is 0.146 e. The molecule has 0 aromatic rings. The van der Waals surface area contributed by atoms with Gasteiger partial charge in [-0.3, -0.25) is 0 Å². The van der Waals surface area contributed by atoms with Crippen molar-refractivity contribution in [3.63, 3.8) is 0 Å². The van der Waals surface area contributed by atoms with Gasteiger partial charge in [0.2, 0.25) is 0 Å². The van der Waals surface area contributed by atoms with Crippen LogP contribution in [0.25, 0.3) is 0 Å². The lowest BCUT2D eigenvalue weighted by molar-refractivity contribution is -0.0818. The van der Waals surface area contributed by atoms with Crippen LogP contribution in [-0.4, -0.2) is 20.0 Å². The zero-order valence-electron chi connectivity index (χ0n) is 6.64. The highest BCUT2D eigenvalue weighted by atomic mass is 16.7. The van der Waals surface area contributed by atoms with Crippen LogP contribution >= 0.6 is 0 Å². The molecule has 1 aliphatic rings. The summed E-state index contributed by atoms with van der Waals surface area (Å²) < 4.78 is 10.2. The highest BCUT2D eigenvalue weighted by Crippen LogP contribution is 2.19. The Hall–Kier alpha value is -0.0800. The highest BCUT2D eigenvalue weighted by molar-refractivity contribution is 4.64. The normalized spacial score (nSPS) is 21.3. The molecule has 2 nitrogen and oxygen atoms in total. The third kappa shape index (κ3) is 2.67. The van der Waals surface area contributed by atoms with Crippen LogP contribution in [-0.2, 0) is 9.47 Å². The molecule has 0 aromatic carbocycles. The van der Waals surface area contributed by atoms with E-state index in [2.05, 4.69) is 0 Å². The summed E-state index contributed by atoms with van der Waals surface area (Å²) in [4.78, 5) is 0. The van der Waals surface area contributed by atoms with E-state index in [4.69, 9.17) is 9.47 Å². The van der Waals surface area contributed by atoms with Crippen molar-refractivity contribution in [1.29, 1.82) is 0 Å². The fourth-order valence-electron chi connectivity index (χ4n) is 1.40. The summed E-state index contributed by atoms with van der Waals surface area (Å²) >= 11 is 0. The monoisotopic (exact) mass is 146 g/mol. The van der Waals surface area contributed by atoms with Gasteiger partial charge >= 0.3 is 0 Å². The number of hydrogen-bond acceptors (Lipinski definition) is 2. The molecule has 0 radical (unpaired) electrons. The summed E-state index contributed by atoms with van der Waals surface area (Å²) in [7, 11) is 1.67. The van der Waals surface area contributed by atoms with Crippen LogP contribution in [0.15, 0.2) is 0 Å². The molecule has 0 spiro atoms. The van der Waals surface area contributed by atoms with Crippen molar-refractivity contribution in [3.8, 4) is 0 Å². The summed E-state index contributed by atoms with van der Waals surface area (Å²) in [6.07, 6.45) is 6.97. The van der Waals surface area contributed by atoms with Gasteiger partial charge in [0.25, 0.3) is 0 Å². The van der Waals surface area contributed by atoms with E-state index in [0.717, 1.165) is 0 Å². The van der Waals surface area contributed by atoms with Gasteiger partial charge in [-0.1, -0.05) is 19.3 Å². The van der Waals surface area contributed by atoms with Crippen molar-refractivity contribution in [1.82, 2.24) is 0 Å². The molecule has 0 heterocycles. The number of ether oxygens (including phenoxy) is 2. The predicted molar refractivity (Wildman–Crippen MR) is 41.9 cm³/mol. The Morgan fingerprint density at radius 1 is 1.30 bits per heavy atom. The second kappa shape index (κ2) is 4.69. The molecule has 1 aliphatic carbocycles. The average molecular weight is 146 g/mol. The Morgan fingerprint density at radius 2 is 2.00 bits per heavy atom. The first-order valence-electron chi connectivity index (χ1n) is 4.04.